The minimum Gasteiger partial charge on any atom is -0.378 e. The Morgan fingerprint density at radius 2 is 1.88 bits per heavy atom. The standard InChI is InChI=1S/C19H23ClFN3O/c1-4-24(12-14-5-8-16(9-6-14)23(2)3)13-19(25)22-18-10-7-15(20)11-17(18)21/h5-11H,4,12-13H2,1-3H3,(H,22,25)/p+1. The van der Waals surface area contributed by atoms with Crippen LogP contribution in [0, 0.1) is 5.82 Å². The maximum Gasteiger partial charge on any atom is 0.279 e. The number of anilines is 2. The summed E-state index contributed by atoms with van der Waals surface area (Å²) in [7, 11) is 4.00. The van der Waals surface area contributed by atoms with Crippen LogP contribution in [0.15, 0.2) is 42.5 Å². The summed E-state index contributed by atoms with van der Waals surface area (Å²) in [5, 5.41) is 2.92. The highest BCUT2D eigenvalue weighted by Gasteiger charge is 2.15. The quantitative estimate of drug-likeness (QED) is 0.792. The van der Waals surface area contributed by atoms with Crippen LogP contribution in [-0.4, -0.2) is 33.1 Å². The first-order chi connectivity index (χ1) is 11.9. The van der Waals surface area contributed by atoms with Gasteiger partial charge in [-0.15, -0.1) is 0 Å². The number of nitrogens with one attached hydrogen (secondary N) is 2. The lowest BCUT2D eigenvalue weighted by atomic mass is 10.2. The van der Waals surface area contributed by atoms with Crippen molar-refractivity contribution in [2.24, 2.45) is 0 Å². The lowest BCUT2D eigenvalue weighted by Gasteiger charge is -2.18. The highest BCUT2D eigenvalue weighted by atomic mass is 35.5. The van der Waals surface area contributed by atoms with Gasteiger partial charge < -0.3 is 15.1 Å². The van der Waals surface area contributed by atoms with Gasteiger partial charge in [0.05, 0.1) is 12.2 Å². The molecule has 1 unspecified atom stereocenters. The van der Waals surface area contributed by atoms with Gasteiger partial charge in [-0.05, 0) is 37.3 Å². The molecule has 1 amide bonds. The van der Waals surface area contributed by atoms with Crippen LogP contribution in [0.25, 0.3) is 0 Å². The zero-order chi connectivity index (χ0) is 18.4. The van der Waals surface area contributed by atoms with Gasteiger partial charge in [-0.3, -0.25) is 4.79 Å². The molecule has 134 valence electrons. The van der Waals surface area contributed by atoms with Crippen molar-refractivity contribution in [2.45, 2.75) is 13.5 Å². The number of carbonyl (C=O) groups excluding carboxylic acids is 1. The highest BCUT2D eigenvalue weighted by molar-refractivity contribution is 6.30. The Hall–Kier alpha value is -2.11. The molecular weight excluding hydrogens is 341 g/mol. The van der Waals surface area contributed by atoms with E-state index in [9.17, 15) is 9.18 Å². The molecule has 0 spiro atoms. The van der Waals surface area contributed by atoms with Gasteiger partial charge in [-0.1, -0.05) is 23.7 Å². The van der Waals surface area contributed by atoms with Crippen LogP contribution in [0.5, 0.6) is 0 Å². The fourth-order valence-corrected chi connectivity index (χ4v) is 2.68. The zero-order valence-corrected chi connectivity index (χ0v) is 15.5. The fraction of sp³-hybridized carbons (Fsp3) is 0.316. The van der Waals surface area contributed by atoms with Gasteiger partial charge in [0.2, 0.25) is 0 Å². The minimum absolute atomic E-state index is 0.153. The SMILES string of the molecule is CC[NH+](CC(=O)Nc1ccc(Cl)cc1F)Cc1ccc(N(C)C)cc1. The Balaban J connectivity index is 1.95. The Labute approximate surface area is 153 Å². The summed E-state index contributed by atoms with van der Waals surface area (Å²) in [5.41, 5.74) is 2.45. The van der Waals surface area contributed by atoms with Crippen LogP contribution in [-0.2, 0) is 11.3 Å². The molecule has 1 atom stereocenters. The van der Waals surface area contributed by atoms with E-state index in [2.05, 4.69) is 29.6 Å². The van der Waals surface area contributed by atoms with Crippen LogP contribution in [0.3, 0.4) is 0 Å². The maximum atomic E-state index is 13.8. The molecule has 2 aromatic rings. The molecule has 25 heavy (non-hydrogen) atoms. The summed E-state index contributed by atoms with van der Waals surface area (Å²) in [6, 6.07) is 12.5. The molecule has 0 aliphatic heterocycles. The summed E-state index contributed by atoms with van der Waals surface area (Å²) in [6.45, 7) is 3.83. The third kappa shape index (κ3) is 5.73. The molecule has 2 N–H and O–H groups in total. The predicted molar refractivity (Wildman–Crippen MR) is 101 cm³/mol. The number of amides is 1. The van der Waals surface area contributed by atoms with E-state index in [4.69, 9.17) is 11.6 Å². The number of halogens is 2. The normalized spacial score (nSPS) is 11.9. The number of hydrogen-bond donors (Lipinski definition) is 2. The number of benzene rings is 2. The lowest BCUT2D eigenvalue weighted by Crippen LogP contribution is -3.11. The summed E-state index contributed by atoms with van der Waals surface area (Å²) in [5.74, 6) is -0.749. The third-order valence-corrected chi connectivity index (χ3v) is 4.26. The fourth-order valence-electron chi connectivity index (χ4n) is 2.53. The molecule has 0 fully saturated rings. The smallest absolute Gasteiger partial charge is 0.279 e. The summed E-state index contributed by atoms with van der Waals surface area (Å²) < 4.78 is 13.8. The molecule has 0 saturated heterocycles. The molecule has 4 nitrogen and oxygen atoms in total. The second kappa shape index (κ2) is 8.83. The van der Waals surface area contributed by atoms with Crippen LogP contribution in [0.1, 0.15) is 12.5 Å². The number of hydrogen-bond acceptors (Lipinski definition) is 2. The monoisotopic (exact) mass is 364 g/mol. The van der Waals surface area contributed by atoms with Crippen molar-refractivity contribution in [2.75, 3.05) is 37.4 Å². The number of carbonyl (C=O) groups is 1. The molecule has 0 bridgehead atoms. The lowest BCUT2D eigenvalue weighted by molar-refractivity contribution is -0.903. The zero-order valence-electron chi connectivity index (χ0n) is 14.8. The molecule has 0 saturated carbocycles. The van der Waals surface area contributed by atoms with Gasteiger partial charge in [0.25, 0.3) is 5.91 Å². The second-order valence-corrected chi connectivity index (χ2v) is 6.63. The first kappa shape index (κ1) is 19.2. The van der Waals surface area contributed by atoms with Crippen LogP contribution >= 0.6 is 11.6 Å². The Kier molecular flexibility index (Phi) is 6.79. The molecule has 0 heterocycles. The minimum atomic E-state index is -0.529. The van der Waals surface area contributed by atoms with Crippen LogP contribution in [0.4, 0.5) is 15.8 Å². The van der Waals surface area contributed by atoms with Gasteiger partial charge in [0, 0.05) is 30.4 Å². The number of rotatable bonds is 7. The maximum absolute atomic E-state index is 13.8. The van der Waals surface area contributed by atoms with E-state index in [1.54, 1.807) is 6.07 Å². The van der Waals surface area contributed by atoms with Crippen LogP contribution in [0.2, 0.25) is 5.02 Å². The van der Waals surface area contributed by atoms with Gasteiger partial charge in [0.15, 0.2) is 6.54 Å². The van der Waals surface area contributed by atoms with Gasteiger partial charge in [0.1, 0.15) is 12.4 Å². The van der Waals surface area contributed by atoms with Gasteiger partial charge in [-0.25, -0.2) is 4.39 Å². The van der Waals surface area contributed by atoms with E-state index in [-0.39, 0.29) is 18.1 Å². The van der Waals surface area contributed by atoms with Crippen molar-refractivity contribution < 1.29 is 14.1 Å². The van der Waals surface area contributed by atoms with Crippen molar-refractivity contribution in [1.29, 1.82) is 0 Å². The largest absolute Gasteiger partial charge is 0.378 e. The number of likely N-dealkylation sites (N-methyl/N-ethyl adjacent to an activating group) is 1. The van der Waals surface area contributed by atoms with E-state index in [1.165, 1.54) is 12.1 Å². The van der Waals surface area contributed by atoms with Crippen molar-refractivity contribution in [3.05, 3.63) is 58.9 Å². The molecule has 2 rings (SSSR count). The molecule has 2 aromatic carbocycles. The summed E-state index contributed by atoms with van der Waals surface area (Å²) in [4.78, 5) is 15.4. The Morgan fingerprint density at radius 1 is 1.20 bits per heavy atom. The Bertz CT molecular complexity index is 719. The molecule has 6 heteroatoms. The Morgan fingerprint density at radius 3 is 2.44 bits per heavy atom. The average molecular weight is 365 g/mol. The number of quaternary nitrogens is 1. The summed E-state index contributed by atoms with van der Waals surface area (Å²) >= 11 is 5.72. The average Bonchev–Trinajstić information content (AvgIpc) is 2.57. The highest BCUT2D eigenvalue weighted by Crippen LogP contribution is 2.18. The van der Waals surface area contributed by atoms with Crippen LogP contribution < -0.4 is 15.1 Å². The van der Waals surface area contributed by atoms with Gasteiger partial charge >= 0.3 is 0 Å². The first-order valence-corrected chi connectivity index (χ1v) is 8.61. The van der Waals surface area contributed by atoms with Crippen molar-refractivity contribution >= 4 is 28.9 Å². The molecule has 0 aromatic heterocycles. The summed E-state index contributed by atoms with van der Waals surface area (Å²) in [6.07, 6.45) is 0. The van der Waals surface area contributed by atoms with E-state index in [0.29, 0.717) is 5.02 Å². The third-order valence-electron chi connectivity index (χ3n) is 4.02. The van der Waals surface area contributed by atoms with Crippen molar-refractivity contribution in [3.8, 4) is 0 Å². The molecule has 0 aliphatic rings. The van der Waals surface area contributed by atoms with E-state index in [0.717, 1.165) is 29.2 Å². The predicted octanol–water partition coefficient (Wildman–Crippen LogP) is 2.59. The second-order valence-electron chi connectivity index (χ2n) is 6.19. The number of nitrogens with zero attached hydrogens (tertiary/aromatic N) is 1. The van der Waals surface area contributed by atoms with E-state index in [1.807, 2.05) is 25.9 Å². The molecule has 0 aliphatic carbocycles. The molecule has 0 radical (unpaired) electrons. The topological polar surface area (TPSA) is 36.8 Å². The van der Waals surface area contributed by atoms with Crippen molar-refractivity contribution in [3.63, 3.8) is 0 Å². The van der Waals surface area contributed by atoms with Crippen molar-refractivity contribution in [1.82, 2.24) is 0 Å². The van der Waals surface area contributed by atoms with E-state index >= 15 is 0 Å². The molecular formula is C19H24ClFN3O+. The first-order valence-electron chi connectivity index (χ1n) is 8.23. The van der Waals surface area contributed by atoms with Gasteiger partial charge in [-0.2, -0.15) is 0 Å². The van der Waals surface area contributed by atoms with E-state index < -0.39 is 5.82 Å².